The lowest BCUT2D eigenvalue weighted by molar-refractivity contribution is -0.152. The molecule has 2 aromatic carbocycles. The number of hydrogen-bond donors (Lipinski definition) is 7. The maximum atomic E-state index is 13.8. The number of aromatic hydroxyl groups is 1. The Hall–Kier alpha value is -3.81. The van der Waals surface area contributed by atoms with E-state index in [1.165, 1.54) is 24.3 Å². The number of carboxylic acids is 1. The summed E-state index contributed by atoms with van der Waals surface area (Å²) in [4.78, 5) is 64.9. The number of aliphatic carboxylic acids is 1. The number of hydrogen-bond acceptors (Lipinski definition) is 11. The van der Waals surface area contributed by atoms with Crippen LogP contribution in [0.3, 0.4) is 0 Å². The minimum absolute atomic E-state index is 0.00515. The first-order valence-corrected chi connectivity index (χ1v) is 12.6. The van der Waals surface area contributed by atoms with E-state index in [4.69, 9.17) is 28.7 Å². The van der Waals surface area contributed by atoms with Crippen molar-refractivity contribution in [1.29, 1.82) is 0 Å². The average Bonchev–Trinajstić information content (AvgIpc) is 2.91. The summed E-state index contributed by atoms with van der Waals surface area (Å²) in [6.45, 7) is 3.31. The van der Waals surface area contributed by atoms with Crippen molar-refractivity contribution >= 4 is 29.1 Å². The van der Waals surface area contributed by atoms with Crippen LogP contribution >= 0.6 is 0 Å². The zero-order valence-electron chi connectivity index (χ0n) is 22.4. The molecule has 0 heterocycles. The standard InChI is InChI=1S/C28H37N5O7/c1-15(2)13-28(33,26(39)40)25(38)27(32,14-17-6-4-3-5-7-17)24(31)23(37)20(30)22(36)21(35)19(29)12-16-8-10-18(34)11-9-16/h3-11,15,19-20,24,34H,12-14,29-33H2,1-2H3,(H,39,40). The summed E-state index contributed by atoms with van der Waals surface area (Å²) in [5, 5.41) is 19.3. The predicted octanol–water partition coefficient (Wildman–Crippen LogP) is -1.04. The average molecular weight is 556 g/mol. The van der Waals surface area contributed by atoms with Crippen LogP contribution in [0.4, 0.5) is 0 Å². The van der Waals surface area contributed by atoms with Gasteiger partial charge in [-0.2, -0.15) is 0 Å². The first-order valence-electron chi connectivity index (χ1n) is 12.6. The molecule has 0 aliphatic heterocycles. The fraction of sp³-hybridized carbons (Fsp3) is 0.393. The lowest BCUT2D eigenvalue weighted by Gasteiger charge is -2.39. The second-order valence-electron chi connectivity index (χ2n) is 10.5. The van der Waals surface area contributed by atoms with Gasteiger partial charge in [-0.15, -0.1) is 0 Å². The van der Waals surface area contributed by atoms with Gasteiger partial charge >= 0.3 is 5.97 Å². The van der Waals surface area contributed by atoms with Crippen LogP contribution in [0, 0.1) is 5.92 Å². The molecular formula is C28H37N5O7. The smallest absolute Gasteiger partial charge is 0.331 e. The molecule has 0 aliphatic carbocycles. The summed E-state index contributed by atoms with van der Waals surface area (Å²) >= 11 is 0. The molecule has 12 heteroatoms. The fourth-order valence-corrected chi connectivity index (χ4v) is 4.49. The summed E-state index contributed by atoms with van der Waals surface area (Å²) in [6.07, 6.45) is -0.806. The Kier molecular flexibility index (Phi) is 10.6. The van der Waals surface area contributed by atoms with Crippen LogP contribution in [-0.2, 0) is 36.8 Å². The van der Waals surface area contributed by atoms with Gasteiger partial charge in [0.1, 0.15) is 17.3 Å². The predicted molar refractivity (Wildman–Crippen MR) is 147 cm³/mol. The molecule has 0 bridgehead atoms. The van der Waals surface area contributed by atoms with Crippen LogP contribution in [0.2, 0.25) is 0 Å². The van der Waals surface area contributed by atoms with Gasteiger partial charge in [-0.25, -0.2) is 4.79 Å². The summed E-state index contributed by atoms with van der Waals surface area (Å²) in [6, 6.07) is 8.41. The highest BCUT2D eigenvalue weighted by Crippen LogP contribution is 2.27. The molecule has 12 nitrogen and oxygen atoms in total. The van der Waals surface area contributed by atoms with Crippen LogP contribution in [0.25, 0.3) is 0 Å². The van der Waals surface area contributed by atoms with E-state index in [0.717, 1.165) is 0 Å². The Morgan fingerprint density at radius 2 is 1.38 bits per heavy atom. The highest BCUT2D eigenvalue weighted by Gasteiger charge is 2.56. The Morgan fingerprint density at radius 3 is 1.88 bits per heavy atom. The Bertz CT molecular complexity index is 1250. The SMILES string of the molecule is CC(C)CC(N)(C(=O)O)C(=O)C(N)(Cc1ccccc1)C(N)C(=O)C(N)C(=O)C(=O)C(N)Cc1ccc(O)cc1. The summed E-state index contributed by atoms with van der Waals surface area (Å²) in [7, 11) is 0. The Morgan fingerprint density at radius 1 is 0.825 bits per heavy atom. The second-order valence-corrected chi connectivity index (χ2v) is 10.5. The van der Waals surface area contributed by atoms with Crippen molar-refractivity contribution in [1.82, 2.24) is 0 Å². The molecule has 0 aromatic heterocycles. The first-order chi connectivity index (χ1) is 18.5. The number of phenolic OH excluding ortho intramolecular Hbond substituents is 1. The van der Waals surface area contributed by atoms with Crippen LogP contribution in [-0.4, -0.2) is 68.5 Å². The zero-order valence-corrected chi connectivity index (χ0v) is 22.4. The number of carbonyl (C=O) groups excluding carboxylic acids is 4. The molecule has 5 atom stereocenters. The molecule has 216 valence electrons. The molecule has 0 amide bonds. The molecule has 0 aliphatic rings. The van der Waals surface area contributed by atoms with Crippen molar-refractivity contribution in [3.8, 4) is 5.75 Å². The van der Waals surface area contributed by atoms with Gasteiger partial charge in [0, 0.05) is 0 Å². The largest absolute Gasteiger partial charge is 0.508 e. The topological polar surface area (TPSA) is 256 Å². The van der Waals surface area contributed by atoms with E-state index in [2.05, 4.69) is 0 Å². The van der Waals surface area contributed by atoms with E-state index in [9.17, 15) is 34.2 Å². The zero-order chi connectivity index (χ0) is 30.4. The van der Waals surface area contributed by atoms with Crippen molar-refractivity contribution in [2.75, 3.05) is 0 Å². The first kappa shape index (κ1) is 32.4. The van der Waals surface area contributed by atoms with Gasteiger partial charge in [-0.3, -0.25) is 19.2 Å². The van der Waals surface area contributed by atoms with Crippen molar-refractivity contribution in [2.24, 2.45) is 34.6 Å². The molecule has 5 unspecified atom stereocenters. The number of carboxylic acid groups (broad SMARTS) is 1. The molecule has 12 N–H and O–H groups in total. The molecular weight excluding hydrogens is 518 g/mol. The van der Waals surface area contributed by atoms with Crippen molar-refractivity contribution in [2.45, 2.75) is 62.3 Å². The van der Waals surface area contributed by atoms with E-state index in [-0.39, 0.29) is 24.5 Å². The normalized spacial score (nSPS) is 16.7. The number of ketones is 4. The number of Topliss-reactive ketones (excluding diaryl/α,β-unsaturated/α-hetero) is 4. The molecule has 0 spiro atoms. The number of rotatable bonds is 15. The van der Waals surface area contributed by atoms with Crippen LogP contribution < -0.4 is 28.7 Å². The molecule has 2 rings (SSSR count). The summed E-state index contributed by atoms with van der Waals surface area (Å²) < 4.78 is 0. The van der Waals surface area contributed by atoms with Gasteiger partial charge in [0.05, 0.1) is 12.1 Å². The second kappa shape index (κ2) is 13.0. The van der Waals surface area contributed by atoms with Crippen molar-refractivity contribution in [3.05, 3.63) is 65.7 Å². The van der Waals surface area contributed by atoms with E-state index in [1.807, 2.05) is 0 Å². The highest BCUT2D eigenvalue weighted by atomic mass is 16.4. The van der Waals surface area contributed by atoms with Gasteiger partial charge in [0.25, 0.3) is 0 Å². The van der Waals surface area contributed by atoms with Gasteiger partial charge in [-0.1, -0.05) is 56.3 Å². The third-order valence-corrected chi connectivity index (χ3v) is 6.70. The highest BCUT2D eigenvalue weighted by molar-refractivity contribution is 6.45. The third-order valence-electron chi connectivity index (χ3n) is 6.70. The third kappa shape index (κ3) is 7.23. The Labute approximate surface area is 231 Å². The van der Waals surface area contributed by atoms with Gasteiger partial charge < -0.3 is 38.9 Å². The maximum absolute atomic E-state index is 13.8. The minimum atomic E-state index is -2.51. The van der Waals surface area contributed by atoms with Gasteiger partial charge in [-0.05, 0) is 48.4 Å². The van der Waals surface area contributed by atoms with E-state index in [1.54, 1.807) is 44.2 Å². The number of benzene rings is 2. The van der Waals surface area contributed by atoms with Crippen LogP contribution in [0.5, 0.6) is 5.75 Å². The molecule has 0 saturated heterocycles. The molecule has 0 saturated carbocycles. The lowest BCUT2D eigenvalue weighted by Crippen LogP contribution is -2.75. The molecule has 0 radical (unpaired) electrons. The minimum Gasteiger partial charge on any atom is -0.508 e. The fourth-order valence-electron chi connectivity index (χ4n) is 4.49. The van der Waals surface area contributed by atoms with Crippen molar-refractivity contribution < 1.29 is 34.2 Å². The number of carbonyl (C=O) groups is 5. The van der Waals surface area contributed by atoms with Crippen LogP contribution in [0.15, 0.2) is 54.6 Å². The number of phenols is 1. The summed E-state index contributed by atoms with van der Waals surface area (Å²) in [5.41, 5.74) is 26.5. The molecule has 2 aromatic rings. The summed E-state index contributed by atoms with van der Waals surface area (Å²) in [5.74, 6) is -6.99. The lowest BCUT2D eigenvalue weighted by atomic mass is 9.69. The maximum Gasteiger partial charge on any atom is 0.331 e. The quantitative estimate of drug-likeness (QED) is 0.103. The number of nitrogens with two attached hydrogens (primary N) is 5. The van der Waals surface area contributed by atoms with E-state index >= 15 is 0 Å². The van der Waals surface area contributed by atoms with Crippen LogP contribution in [0.1, 0.15) is 31.4 Å². The Balaban J connectivity index is 2.39. The van der Waals surface area contributed by atoms with E-state index < -0.39 is 64.7 Å². The van der Waals surface area contributed by atoms with Gasteiger partial charge in [0.2, 0.25) is 11.6 Å². The monoisotopic (exact) mass is 555 g/mol. The van der Waals surface area contributed by atoms with E-state index in [0.29, 0.717) is 11.1 Å². The molecule has 0 fully saturated rings. The molecule has 40 heavy (non-hydrogen) atoms. The van der Waals surface area contributed by atoms with Gasteiger partial charge in [0.15, 0.2) is 17.1 Å². The van der Waals surface area contributed by atoms with Crippen molar-refractivity contribution in [3.63, 3.8) is 0 Å².